The third kappa shape index (κ3) is 5.27. The molecule has 1 saturated heterocycles. The minimum Gasteiger partial charge on any atom is -0.336 e. The average molecular weight is 343 g/mol. The van der Waals surface area contributed by atoms with Gasteiger partial charge in [-0.25, -0.2) is 18.1 Å². The van der Waals surface area contributed by atoms with Crippen molar-refractivity contribution in [1.82, 2.24) is 24.1 Å². The highest BCUT2D eigenvalue weighted by atomic mass is 32.2. The molecule has 0 radical (unpaired) electrons. The van der Waals surface area contributed by atoms with Gasteiger partial charge < -0.3 is 9.47 Å². The van der Waals surface area contributed by atoms with Crippen molar-refractivity contribution >= 4 is 10.0 Å². The summed E-state index contributed by atoms with van der Waals surface area (Å²) in [5.41, 5.74) is 1.25. The summed E-state index contributed by atoms with van der Waals surface area (Å²) in [5.74, 6) is 0.521. The Morgan fingerprint density at radius 2 is 2.17 bits per heavy atom. The second kappa shape index (κ2) is 7.74. The van der Waals surface area contributed by atoms with Crippen LogP contribution in [0.15, 0.2) is 12.5 Å². The fourth-order valence-corrected chi connectivity index (χ4v) is 3.95. The number of aryl methyl sites for hydroxylation is 1. The first-order valence-electron chi connectivity index (χ1n) is 8.07. The number of nitrogens with zero attached hydrogens (tertiary/aromatic N) is 4. The lowest BCUT2D eigenvalue weighted by Gasteiger charge is -2.40. The van der Waals surface area contributed by atoms with Gasteiger partial charge in [0.15, 0.2) is 0 Å². The lowest BCUT2D eigenvalue weighted by atomic mass is 9.87. The Morgan fingerprint density at radius 3 is 2.78 bits per heavy atom. The molecular weight excluding hydrogens is 314 g/mol. The number of aromatic nitrogens is 2. The summed E-state index contributed by atoms with van der Waals surface area (Å²) < 4.78 is 26.9. The molecule has 1 fully saturated rings. The highest BCUT2D eigenvalue weighted by Gasteiger charge is 2.32. The number of sulfonamides is 1. The van der Waals surface area contributed by atoms with Gasteiger partial charge in [0.25, 0.3) is 0 Å². The van der Waals surface area contributed by atoms with E-state index >= 15 is 0 Å². The topological polar surface area (TPSA) is 70.5 Å². The van der Waals surface area contributed by atoms with E-state index in [-0.39, 0.29) is 0 Å². The highest BCUT2D eigenvalue weighted by Crippen LogP contribution is 2.34. The van der Waals surface area contributed by atoms with Gasteiger partial charge in [0, 0.05) is 32.9 Å². The predicted octanol–water partition coefficient (Wildman–Crippen LogP) is 0.284. The van der Waals surface area contributed by atoms with Crippen LogP contribution in [0.4, 0.5) is 0 Å². The monoisotopic (exact) mass is 343 g/mol. The van der Waals surface area contributed by atoms with Crippen molar-refractivity contribution in [3.05, 3.63) is 18.2 Å². The van der Waals surface area contributed by atoms with Crippen LogP contribution >= 0.6 is 0 Å². The molecule has 0 saturated carbocycles. The molecule has 8 heteroatoms. The first-order chi connectivity index (χ1) is 10.8. The number of rotatable bonds is 7. The van der Waals surface area contributed by atoms with E-state index < -0.39 is 10.0 Å². The zero-order valence-electron chi connectivity index (χ0n) is 14.6. The Morgan fingerprint density at radius 1 is 1.43 bits per heavy atom. The maximum atomic E-state index is 11.1. The van der Waals surface area contributed by atoms with E-state index in [2.05, 4.69) is 38.2 Å². The lowest BCUT2D eigenvalue weighted by Crippen LogP contribution is -2.43. The van der Waals surface area contributed by atoms with Crippen LogP contribution in [0.1, 0.15) is 24.6 Å². The molecule has 0 unspecified atom stereocenters. The minimum atomic E-state index is -3.11. The Hall–Kier alpha value is -0.960. The fourth-order valence-electron chi connectivity index (χ4n) is 3.48. The maximum Gasteiger partial charge on any atom is 0.208 e. The standard InChI is InChI=1S/C15H29N5O2S/c1-18(9-7-17-23(4,21)22)11-13-6-5-8-19(2)15(13)14-10-16-12-20(14)3/h10,12-13,15,17H,5-9,11H2,1-4H3/t13-,15+/m0/s1. The molecular formula is C15H29N5O2S. The van der Waals surface area contributed by atoms with Crippen molar-refractivity contribution in [3.63, 3.8) is 0 Å². The van der Waals surface area contributed by atoms with E-state index in [4.69, 9.17) is 0 Å². The molecule has 1 aliphatic heterocycles. The molecule has 0 aliphatic carbocycles. The Balaban J connectivity index is 1.97. The summed E-state index contributed by atoms with van der Waals surface area (Å²) in [6.45, 7) is 3.22. The molecule has 0 amide bonds. The van der Waals surface area contributed by atoms with Crippen molar-refractivity contribution in [2.45, 2.75) is 18.9 Å². The van der Waals surface area contributed by atoms with Gasteiger partial charge in [-0.05, 0) is 39.4 Å². The summed E-state index contributed by atoms with van der Waals surface area (Å²) in [4.78, 5) is 8.89. The molecule has 0 bridgehead atoms. The molecule has 0 aromatic carbocycles. The van der Waals surface area contributed by atoms with E-state index in [9.17, 15) is 8.42 Å². The van der Waals surface area contributed by atoms with E-state index in [0.717, 1.165) is 13.1 Å². The Bertz CT molecular complexity index is 601. The Kier molecular flexibility index (Phi) is 6.19. The zero-order chi connectivity index (χ0) is 17.0. The molecule has 2 heterocycles. The van der Waals surface area contributed by atoms with Gasteiger partial charge in [-0.2, -0.15) is 0 Å². The number of hydrogen-bond acceptors (Lipinski definition) is 5. The van der Waals surface area contributed by atoms with Crippen LogP contribution in [0.2, 0.25) is 0 Å². The van der Waals surface area contributed by atoms with Gasteiger partial charge in [-0.15, -0.1) is 0 Å². The second-order valence-corrected chi connectivity index (χ2v) is 8.52. The number of imidazole rings is 1. The largest absolute Gasteiger partial charge is 0.336 e. The molecule has 1 aliphatic rings. The molecule has 132 valence electrons. The molecule has 7 nitrogen and oxygen atoms in total. The SMILES string of the molecule is CN(CCNS(C)(=O)=O)C[C@@H]1CCCN(C)[C@H]1c1cncn1C. The lowest BCUT2D eigenvalue weighted by molar-refractivity contribution is 0.0903. The normalized spacial score (nSPS) is 23.5. The van der Waals surface area contributed by atoms with E-state index in [0.29, 0.717) is 25.0 Å². The van der Waals surface area contributed by atoms with Gasteiger partial charge in [0.05, 0.1) is 24.3 Å². The molecule has 1 aromatic rings. The number of likely N-dealkylation sites (N-methyl/N-ethyl adjacent to an activating group) is 1. The number of nitrogens with one attached hydrogen (secondary N) is 1. The predicted molar refractivity (Wildman–Crippen MR) is 91.6 cm³/mol. The summed E-state index contributed by atoms with van der Waals surface area (Å²) in [6.07, 6.45) is 7.40. The van der Waals surface area contributed by atoms with Crippen molar-refractivity contribution in [3.8, 4) is 0 Å². The van der Waals surface area contributed by atoms with Gasteiger partial charge in [0.1, 0.15) is 0 Å². The second-order valence-electron chi connectivity index (χ2n) is 6.69. The van der Waals surface area contributed by atoms with Gasteiger partial charge in [-0.3, -0.25) is 4.90 Å². The van der Waals surface area contributed by atoms with Crippen LogP contribution in [-0.4, -0.2) is 74.3 Å². The molecule has 2 rings (SSSR count). The third-order valence-electron chi connectivity index (χ3n) is 4.57. The van der Waals surface area contributed by atoms with Crippen molar-refractivity contribution < 1.29 is 8.42 Å². The van der Waals surface area contributed by atoms with E-state index in [1.165, 1.54) is 24.8 Å². The molecule has 23 heavy (non-hydrogen) atoms. The first kappa shape index (κ1) is 18.4. The zero-order valence-corrected chi connectivity index (χ0v) is 15.4. The van der Waals surface area contributed by atoms with Crippen LogP contribution in [0.3, 0.4) is 0 Å². The molecule has 2 atom stereocenters. The van der Waals surface area contributed by atoms with Crippen LogP contribution in [0, 0.1) is 5.92 Å². The van der Waals surface area contributed by atoms with Crippen molar-refractivity contribution in [2.75, 3.05) is 46.5 Å². The van der Waals surface area contributed by atoms with Crippen molar-refractivity contribution in [2.24, 2.45) is 13.0 Å². The van der Waals surface area contributed by atoms with E-state index in [1.807, 2.05) is 19.6 Å². The average Bonchev–Trinajstić information content (AvgIpc) is 2.83. The maximum absolute atomic E-state index is 11.1. The molecule has 1 aromatic heterocycles. The number of piperidine rings is 1. The summed E-state index contributed by atoms with van der Waals surface area (Å²) >= 11 is 0. The van der Waals surface area contributed by atoms with Crippen LogP contribution < -0.4 is 4.72 Å². The fraction of sp³-hybridized carbons (Fsp3) is 0.800. The number of hydrogen-bond donors (Lipinski definition) is 1. The minimum absolute atomic E-state index is 0.363. The van der Waals surface area contributed by atoms with Gasteiger partial charge in [-0.1, -0.05) is 0 Å². The van der Waals surface area contributed by atoms with E-state index in [1.54, 1.807) is 0 Å². The Labute approximate surface area is 139 Å². The molecule has 0 spiro atoms. The molecule has 1 N–H and O–H groups in total. The van der Waals surface area contributed by atoms with Crippen molar-refractivity contribution in [1.29, 1.82) is 0 Å². The third-order valence-corrected chi connectivity index (χ3v) is 5.30. The highest BCUT2D eigenvalue weighted by molar-refractivity contribution is 7.88. The number of likely N-dealkylation sites (tertiary alicyclic amines) is 1. The quantitative estimate of drug-likeness (QED) is 0.770. The van der Waals surface area contributed by atoms with Crippen LogP contribution in [0.5, 0.6) is 0 Å². The smallest absolute Gasteiger partial charge is 0.208 e. The van der Waals surface area contributed by atoms with Gasteiger partial charge in [0.2, 0.25) is 10.0 Å². The summed E-state index contributed by atoms with van der Waals surface area (Å²) in [7, 11) is 3.16. The van der Waals surface area contributed by atoms with Gasteiger partial charge >= 0.3 is 0 Å². The first-order valence-corrected chi connectivity index (χ1v) is 9.96. The summed E-state index contributed by atoms with van der Waals surface area (Å²) in [6, 6.07) is 0.363. The van der Waals surface area contributed by atoms with Crippen LogP contribution in [-0.2, 0) is 17.1 Å². The summed E-state index contributed by atoms with van der Waals surface area (Å²) in [5, 5.41) is 0. The van der Waals surface area contributed by atoms with Crippen LogP contribution in [0.25, 0.3) is 0 Å².